The Morgan fingerprint density at radius 1 is 1.13 bits per heavy atom. The zero-order valence-electron chi connectivity index (χ0n) is 16.0. The van der Waals surface area contributed by atoms with Crippen LogP contribution in [0, 0.1) is 0 Å². The van der Waals surface area contributed by atoms with Crippen molar-refractivity contribution in [1.29, 1.82) is 0 Å². The zero-order valence-corrected chi connectivity index (χ0v) is 18.4. The van der Waals surface area contributed by atoms with Crippen molar-refractivity contribution in [2.75, 3.05) is 11.9 Å². The number of para-hydroxylation sites is 1. The number of anilines is 1. The molecule has 2 N–H and O–H groups in total. The molecule has 0 radical (unpaired) electrons. The maximum atomic E-state index is 12.5. The summed E-state index contributed by atoms with van der Waals surface area (Å²) in [6.45, 7) is 0.524. The van der Waals surface area contributed by atoms with Crippen LogP contribution in [0.2, 0.25) is 0 Å². The Balaban J connectivity index is 1.41. The second-order valence-corrected chi connectivity index (χ2v) is 9.21. The lowest BCUT2D eigenvalue weighted by Crippen LogP contribution is -2.29. The van der Waals surface area contributed by atoms with E-state index in [9.17, 15) is 14.4 Å². The first-order chi connectivity index (χ1) is 14.5. The Morgan fingerprint density at radius 3 is 2.67 bits per heavy atom. The number of carboxylic acid groups (broad SMARTS) is 1. The molecule has 1 aromatic carbocycles. The molecule has 9 heteroatoms. The highest BCUT2D eigenvalue weighted by Gasteiger charge is 2.31. The van der Waals surface area contributed by atoms with Crippen LogP contribution >= 0.6 is 35.3 Å². The Labute approximate surface area is 188 Å². The third-order valence-corrected chi connectivity index (χ3v) is 6.60. The summed E-state index contributed by atoms with van der Waals surface area (Å²) in [4.78, 5) is 39.1. The number of aromatic carboxylic acids is 1. The van der Waals surface area contributed by atoms with Crippen LogP contribution < -0.4 is 5.32 Å². The van der Waals surface area contributed by atoms with Gasteiger partial charge in [0.15, 0.2) is 0 Å². The van der Waals surface area contributed by atoms with Gasteiger partial charge in [-0.3, -0.25) is 14.5 Å². The first kappa shape index (κ1) is 22.2. The molecule has 2 amide bonds. The average Bonchev–Trinajstić information content (AvgIpc) is 3.31. The zero-order chi connectivity index (χ0) is 21.5. The molecule has 0 spiro atoms. The Hall–Kier alpha value is -2.49. The second kappa shape index (κ2) is 10.5. The predicted molar refractivity (Wildman–Crippen MR) is 125 cm³/mol. The lowest BCUT2D eigenvalue weighted by Gasteiger charge is -2.14. The number of carbonyl (C=O) groups is 3. The molecule has 0 bridgehead atoms. The van der Waals surface area contributed by atoms with Crippen LogP contribution in [0.15, 0.2) is 46.7 Å². The van der Waals surface area contributed by atoms with Gasteiger partial charge in [-0.25, -0.2) is 4.79 Å². The van der Waals surface area contributed by atoms with Crippen LogP contribution in [0.4, 0.5) is 5.69 Å². The molecule has 0 atom stereocenters. The van der Waals surface area contributed by atoms with Gasteiger partial charge in [-0.15, -0.1) is 11.3 Å². The summed E-state index contributed by atoms with van der Waals surface area (Å²) in [6.07, 6.45) is 4.28. The summed E-state index contributed by atoms with van der Waals surface area (Å²) in [5, 5.41) is 13.8. The van der Waals surface area contributed by atoms with E-state index in [1.165, 1.54) is 17.8 Å². The molecule has 30 heavy (non-hydrogen) atoms. The molecule has 2 aromatic rings. The maximum absolute atomic E-state index is 12.5. The summed E-state index contributed by atoms with van der Waals surface area (Å²) in [6, 6.07) is 10.2. The number of amides is 2. The minimum atomic E-state index is -1.08. The smallest absolute Gasteiger partial charge is 0.337 e. The number of hydrogen-bond acceptors (Lipinski definition) is 6. The predicted octanol–water partition coefficient (Wildman–Crippen LogP) is 4.85. The summed E-state index contributed by atoms with van der Waals surface area (Å²) >= 11 is 8.22. The molecule has 1 saturated heterocycles. The molecule has 1 aromatic heterocycles. The molecule has 0 saturated carbocycles. The number of unbranched alkanes of at least 4 members (excludes halogenated alkanes) is 2. The fourth-order valence-corrected chi connectivity index (χ4v) is 4.95. The maximum Gasteiger partial charge on any atom is 0.337 e. The first-order valence-corrected chi connectivity index (χ1v) is 11.5. The molecular weight excluding hydrogens is 440 g/mol. The van der Waals surface area contributed by atoms with E-state index in [0.717, 1.165) is 17.7 Å². The highest BCUT2D eigenvalue weighted by Crippen LogP contribution is 2.33. The van der Waals surface area contributed by atoms with Crippen molar-refractivity contribution in [1.82, 2.24) is 4.90 Å². The molecule has 0 unspecified atom stereocenters. The number of nitrogens with zero attached hydrogens (tertiary/aromatic N) is 1. The summed E-state index contributed by atoms with van der Waals surface area (Å²) in [7, 11) is 0. The number of rotatable bonds is 9. The molecule has 3 rings (SSSR count). The van der Waals surface area contributed by atoms with Crippen molar-refractivity contribution in [3.63, 3.8) is 0 Å². The van der Waals surface area contributed by atoms with Gasteiger partial charge in [-0.2, -0.15) is 0 Å². The Bertz CT molecular complexity index is 986. The number of thiophene rings is 1. The summed E-state index contributed by atoms with van der Waals surface area (Å²) in [5.74, 6) is -1.38. The first-order valence-electron chi connectivity index (χ1n) is 9.37. The van der Waals surface area contributed by atoms with Crippen LogP contribution in [0.1, 0.15) is 40.9 Å². The highest BCUT2D eigenvalue weighted by molar-refractivity contribution is 8.26. The van der Waals surface area contributed by atoms with Crippen molar-refractivity contribution in [3.05, 3.63) is 57.1 Å². The van der Waals surface area contributed by atoms with E-state index in [4.69, 9.17) is 17.3 Å². The van der Waals surface area contributed by atoms with Crippen LogP contribution in [-0.4, -0.2) is 38.7 Å². The molecule has 156 valence electrons. The monoisotopic (exact) mass is 460 g/mol. The van der Waals surface area contributed by atoms with Crippen LogP contribution in [0.5, 0.6) is 0 Å². The number of nitrogens with one attached hydrogen (secondary N) is 1. The van der Waals surface area contributed by atoms with Gasteiger partial charge in [-0.1, -0.05) is 48.6 Å². The molecule has 0 aliphatic carbocycles. The third kappa shape index (κ3) is 5.78. The summed E-state index contributed by atoms with van der Waals surface area (Å²) < 4.78 is 0.561. The van der Waals surface area contributed by atoms with Crippen molar-refractivity contribution < 1.29 is 19.5 Å². The van der Waals surface area contributed by atoms with Crippen LogP contribution in [0.3, 0.4) is 0 Å². The van der Waals surface area contributed by atoms with Crippen molar-refractivity contribution in [2.45, 2.75) is 25.7 Å². The summed E-state index contributed by atoms with van der Waals surface area (Å²) in [5.41, 5.74) is 0.362. The third-order valence-electron chi connectivity index (χ3n) is 4.41. The van der Waals surface area contributed by atoms with E-state index in [1.54, 1.807) is 34.4 Å². The van der Waals surface area contributed by atoms with Gasteiger partial charge in [0.05, 0.1) is 16.2 Å². The van der Waals surface area contributed by atoms with Crippen molar-refractivity contribution in [3.8, 4) is 0 Å². The normalized spacial score (nSPS) is 15.1. The highest BCUT2D eigenvalue weighted by atomic mass is 32.2. The quantitative estimate of drug-likeness (QED) is 0.316. The fraction of sp³-hybridized carbons (Fsp3) is 0.238. The fourth-order valence-electron chi connectivity index (χ4n) is 2.92. The number of carboxylic acids is 1. The topological polar surface area (TPSA) is 86.7 Å². The molecule has 1 fully saturated rings. The van der Waals surface area contributed by atoms with Gasteiger partial charge < -0.3 is 10.4 Å². The van der Waals surface area contributed by atoms with Gasteiger partial charge in [0.25, 0.3) is 5.91 Å². The number of thiocarbonyl (C=S) groups is 1. The van der Waals surface area contributed by atoms with Gasteiger partial charge in [0.1, 0.15) is 4.32 Å². The van der Waals surface area contributed by atoms with Gasteiger partial charge >= 0.3 is 5.97 Å². The largest absolute Gasteiger partial charge is 0.478 e. The van der Waals surface area contributed by atoms with Gasteiger partial charge in [-0.05, 0) is 42.5 Å². The standard InChI is InChI=1S/C21H20N2O4S3/c24-18(22-16-9-4-3-8-15(16)20(26)27)10-2-1-5-11-23-19(25)17(30-21(23)28)13-14-7-6-12-29-14/h3-4,6-9,12-13H,1-2,5,10-11H2,(H,22,24)(H,26,27). The number of thioether (sulfide) groups is 1. The van der Waals surface area contributed by atoms with E-state index in [2.05, 4.69) is 5.32 Å². The molecule has 2 heterocycles. The number of carbonyl (C=O) groups excluding carboxylic acids is 2. The number of hydrogen-bond donors (Lipinski definition) is 2. The minimum absolute atomic E-state index is 0.0656. The van der Waals surface area contributed by atoms with E-state index in [0.29, 0.717) is 27.9 Å². The van der Waals surface area contributed by atoms with E-state index >= 15 is 0 Å². The molecular formula is C21H20N2O4S3. The van der Waals surface area contributed by atoms with Crippen molar-refractivity contribution in [2.24, 2.45) is 0 Å². The van der Waals surface area contributed by atoms with E-state index in [1.807, 2.05) is 23.6 Å². The number of benzene rings is 1. The molecule has 1 aliphatic rings. The van der Waals surface area contributed by atoms with E-state index in [-0.39, 0.29) is 23.8 Å². The SMILES string of the molecule is O=C(CCCCCN1C(=O)C(=Cc2cccs2)SC1=S)Nc1ccccc1C(=O)O. The van der Waals surface area contributed by atoms with Gasteiger partial charge in [0.2, 0.25) is 5.91 Å². The van der Waals surface area contributed by atoms with Crippen molar-refractivity contribution >= 4 is 69.2 Å². The Morgan fingerprint density at radius 2 is 1.93 bits per heavy atom. The second-order valence-electron chi connectivity index (χ2n) is 6.56. The lowest BCUT2D eigenvalue weighted by molar-refractivity contribution is -0.122. The molecule has 1 aliphatic heterocycles. The Kier molecular flexibility index (Phi) is 7.78. The van der Waals surface area contributed by atoms with Gasteiger partial charge in [0, 0.05) is 17.8 Å². The minimum Gasteiger partial charge on any atom is -0.478 e. The lowest BCUT2D eigenvalue weighted by atomic mass is 10.1. The van der Waals surface area contributed by atoms with E-state index < -0.39 is 5.97 Å². The van der Waals surface area contributed by atoms with Crippen LogP contribution in [0.25, 0.3) is 6.08 Å². The average molecular weight is 461 g/mol. The molecule has 6 nitrogen and oxygen atoms in total. The van der Waals surface area contributed by atoms with Crippen LogP contribution in [-0.2, 0) is 9.59 Å².